The van der Waals surface area contributed by atoms with Crippen LogP contribution < -0.4 is 10.6 Å². The summed E-state index contributed by atoms with van der Waals surface area (Å²) in [5.74, 6) is 1.24. The van der Waals surface area contributed by atoms with Crippen molar-refractivity contribution >= 4 is 39.8 Å². The number of halogens is 1. The lowest BCUT2D eigenvalue weighted by molar-refractivity contribution is 0.0320. The smallest absolute Gasteiger partial charge is 0.191 e. The predicted octanol–water partition coefficient (Wildman–Crippen LogP) is 1.65. The van der Waals surface area contributed by atoms with Crippen LogP contribution >= 0.6 is 24.0 Å². The van der Waals surface area contributed by atoms with E-state index >= 15 is 0 Å². The zero-order valence-electron chi connectivity index (χ0n) is 17.2. The molecule has 0 amide bonds. The molecule has 1 aromatic carbocycles. The lowest BCUT2D eigenvalue weighted by Crippen LogP contribution is -2.43. The lowest BCUT2D eigenvalue weighted by Gasteiger charge is -2.29. The van der Waals surface area contributed by atoms with E-state index in [9.17, 15) is 8.42 Å². The molecule has 2 rings (SSSR count). The summed E-state index contributed by atoms with van der Waals surface area (Å²) in [6.45, 7) is 10.1. The molecule has 0 spiro atoms. The third-order valence-electron chi connectivity index (χ3n) is 4.61. The first-order valence-corrected chi connectivity index (χ1v) is 11.2. The van der Waals surface area contributed by atoms with Gasteiger partial charge in [-0.2, -0.15) is 0 Å². The van der Waals surface area contributed by atoms with Crippen molar-refractivity contribution < 1.29 is 13.2 Å². The number of sulfone groups is 1. The van der Waals surface area contributed by atoms with E-state index in [0.717, 1.165) is 56.5 Å². The first kappa shape index (κ1) is 25.1. The Hall–Kier alpha value is -0.910. The number of ether oxygens (including phenoxy) is 1. The van der Waals surface area contributed by atoms with E-state index in [1.165, 1.54) is 6.26 Å². The summed E-state index contributed by atoms with van der Waals surface area (Å²) in [6.07, 6.45) is 1.23. The Morgan fingerprint density at radius 2 is 1.96 bits per heavy atom. The summed E-state index contributed by atoms with van der Waals surface area (Å²) in [5, 5.41) is 6.65. The maximum Gasteiger partial charge on any atom is 0.191 e. The number of hydrogen-bond donors (Lipinski definition) is 2. The molecule has 9 heteroatoms. The van der Waals surface area contributed by atoms with E-state index in [1.54, 1.807) is 13.1 Å². The van der Waals surface area contributed by atoms with Crippen LogP contribution in [0.2, 0.25) is 0 Å². The van der Waals surface area contributed by atoms with Crippen LogP contribution in [0.4, 0.5) is 0 Å². The average Bonchev–Trinajstić information content (AvgIpc) is 2.61. The second kappa shape index (κ2) is 11.9. The maximum atomic E-state index is 11.7. The molecule has 0 saturated carbocycles. The highest BCUT2D eigenvalue weighted by atomic mass is 127. The molecule has 1 unspecified atom stereocenters. The molecule has 1 fully saturated rings. The zero-order chi connectivity index (χ0) is 19.9. The molecule has 1 heterocycles. The van der Waals surface area contributed by atoms with Crippen LogP contribution in [0.25, 0.3) is 0 Å². The fourth-order valence-corrected chi connectivity index (χ4v) is 4.16. The summed E-state index contributed by atoms with van der Waals surface area (Å²) < 4.78 is 28.8. The van der Waals surface area contributed by atoms with Gasteiger partial charge in [0.05, 0.1) is 18.1 Å². The van der Waals surface area contributed by atoms with Gasteiger partial charge in [0, 0.05) is 46.0 Å². The van der Waals surface area contributed by atoms with Crippen molar-refractivity contribution in [2.75, 3.05) is 52.7 Å². The minimum absolute atomic E-state index is 0. The van der Waals surface area contributed by atoms with Crippen molar-refractivity contribution in [3.63, 3.8) is 0 Å². The molecule has 0 radical (unpaired) electrons. The molecule has 1 saturated heterocycles. The van der Waals surface area contributed by atoms with Crippen LogP contribution in [0.15, 0.2) is 28.1 Å². The Balaban J connectivity index is 0.00000392. The SMILES string of the molecule is CN=C(NCc1ccc(S(C)(=O)=O)c(C)c1)NCC(C)CN1CCOCC1.I. The first-order valence-electron chi connectivity index (χ1n) is 9.34. The standard InChI is InChI=1S/C19H32N4O3S.HI/c1-15(14-23-7-9-26-10-8-23)12-21-19(20-3)22-13-17-5-6-18(16(2)11-17)27(4,24)25;/h5-6,11,15H,7-10,12-14H2,1-4H3,(H2,20,21,22);1H. The fourth-order valence-electron chi connectivity index (χ4n) is 3.20. The minimum atomic E-state index is -3.18. The van der Waals surface area contributed by atoms with Crippen molar-refractivity contribution in [1.29, 1.82) is 0 Å². The van der Waals surface area contributed by atoms with Gasteiger partial charge < -0.3 is 15.4 Å². The van der Waals surface area contributed by atoms with Gasteiger partial charge >= 0.3 is 0 Å². The molecule has 160 valence electrons. The van der Waals surface area contributed by atoms with Gasteiger partial charge in [-0.05, 0) is 30.0 Å². The van der Waals surface area contributed by atoms with Gasteiger partial charge in [-0.25, -0.2) is 8.42 Å². The van der Waals surface area contributed by atoms with Crippen molar-refractivity contribution in [2.45, 2.75) is 25.3 Å². The molecule has 1 aliphatic heterocycles. The number of hydrogen-bond acceptors (Lipinski definition) is 5. The Labute approximate surface area is 186 Å². The number of morpholine rings is 1. The van der Waals surface area contributed by atoms with E-state index in [2.05, 4.69) is 27.4 Å². The Morgan fingerprint density at radius 3 is 2.54 bits per heavy atom. The molecular weight excluding hydrogens is 491 g/mol. The van der Waals surface area contributed by atoms with Crippen molar-refractivity contribution in [2.24, 2.45) is 10.9 Å². The molecule has 0 aromatic heterocycles. The van der Waals surface area contributed by atoms with Crippen LogP contribution in [0.3, 0.4) is 0 Å². The molecule has 0 bridgehead atoms. The summed E-state index contributed by atoms with van der Waals surface area (Å²) >= 11 is 0. The normalized spacial score (nSPS) is 16.9. The van der Waals surface area contributed by atoms with Crippen LogP contribution in [0.5, 0.6) is 0 Å². The molecule has 28 heavy (non-hydrogen) atoms. The van der Waals surface area contributed by atoms with E-state index in [1.807, 2.05) is 19.1 Å². The van der Waals surface area contributed by atoms with E-state index < -0.39 is 9.84 Å². The molecule has 1 aromatic rings. The van der Waals surface area contributed by atoms with Gasteiger partial charge in [0.2, 0.25) is 0 Å². The maximum absolute atomic E-state index is 11.7. The lowest BCUT2D eigenvalue weighted by atomic mass is 10.1. The quantitative estimate of drug-likeness (QED) is 0.321. The molecule has 7 nitrogen and oxygen atoms in total. The minimum Gasteiger partial charge on any atom is -0.379 e. The van der Waals surface area contributed by atoms with E-state index in [4.69, 9.17) is 4.74 Å². The Kier molecular flexibility index (Phi) is 10.7. The monoisotopic (exact) mass is 524 g/mol. The Bertz CT molecular complexity index is 750. The summed E-state index contributed by atoms with van der Waals surface area (Å²) in [4.78, 5) is 7.08. The second-order valence-electron chi connectivity index (χ2n) is 7.20. The average molecular weight is 524 g/mol. The topological polar surface area (TPSA) is 83.0 Å². The number of nitrogens with one attached hydrogen (secondary N) is 2. The van der Waals surface area contributed by atoms with E-state index in [0.29, 0.717) is 17.4 Å². The third-order valence-corrected chi connectivity index (χ3v) is 5.87. The van der Waals surface area contributed by atoms with Crippen LogP contribution in [-0.4, -0.2) is 72.0 Å². The number of aryl methyl sites for hydroxylation is 1. The zero-order valence-corrected chi connectivity index (χ0v) is 20.3. The third kappa shape index (κ3) is 8.22. The number of benzene rings is 1. The van der Waals surface area contributed by atoms with Crippen molar-refractivity contribution in [3.8, 4) is 0 Å². The van der Waals surface area contributed by atoms with Crippen molar-refractivity contribution in [1.82, 2.24) is 15.5 Å². The molecule has 0 aliphatic carbocycles. The highest BCUT2D eigenvalue weighted by molar-refractivity contribution is 14.0. The van der Waals surface area contributed by atoms with Crippen LogP contribution in [0.1, 0.15) is 18.1 Å². The number of aliphatic imine (C=N–C) groups is 1. The van der Waals surface area contributed by atoms with Crippen molar-refractivity contribution in [3.05, 3.63) is 29.3 Å². The molecular formula is C19H33IN4O3S. The summed E-state index contributed by atoms with van der Waals surface area (Å²) in [6, 6.07) is 5.41. The Morgan fingerprint density at radius 1 is 1.29 bits per heavy atom. The van der Waals surface area contributed by atoms with Gasteiger partial charge in [0.15, 0.2) is 15.8 Å². The highest BCUT2D eigenvalue weighted by Gasteiger charge is 2.14. The summed E-state index contributed by atoms with van der Waals surface area (Å²) in [5.41, 5.74) is 1.78. The molecule has 2 N–H and O–H groups in total. The van der Waals surface area contributed by atoms with Gasteiger partial charge in [0.1, 0.15) is 0 Å². The first-order chi connectivity index (χ1) is 12.8. The van der Waals surface area contributed by atoms with Crippen LogP contribution in [-0.2, 0) is 21.1 Å². The summed E-state index contributed by atoms with van der Waals surface area (Å²) in [7, 11) is -1.44. The number of guanidine groups is 1. The largest absolute Gasteiger partial charge is 0.379 e. The molecule has 1 atom stereocenters. The van der Waals surface area contributed by atoms with Crippen LogP contribution in [0, 0.1) is 12.8 Å². The predicted molar refractivity (Wildman–Crippen MR) is 124 cm³/mol. The van der Waals surface area contributed by atoms with Gasteiger partial charge in [-0.3, -0.25) is 9.89 Å². The fraction of sp³-hybridized carbons (Fsp3) is 0.632. The second-order valence-corrected chi connectivity index (χ2v) is 9.18. The van der Waals surface area contributed by atoms with E-state index in [-0.39, 0.29) is 24.0 Å². The number of nitrogens with zero attached hydrogens (tertiary/aromatic N) is 2. The molecule has 1 aliphatic rings. The van der Waals surface area contributed by atoms with Gasteiger partial charge in [0.25, 0.3) is 0 Å². The van der Waals surface area contributed by atoms with Gasteiger partial charge in [-0.1, -0.05) is 19.1 Å². The highest BCUT2D eigenvalue weighted by Crippen LogP contribution is 2.16. The number of rotatable bonds is 7. The van der Waals surface area contributed by atoms with Gasteiger partial charge in [-0.15, -0.1) is 24.0 Å².